The standard InChI is InChI=1S/C17H15FN2O3S2/c1-10-15-11(18)6-5-9-14(15)24-16(10)17(21)19-12-7-3-4-8-13(12)20-25(2,22)23/h3-9,20H,1-2H3,(H,19,21). The second-order valence-electron chi connectivity index (χ2n) is 5.54. The predicted molar refractivity (Wildman–Crippen MR) is 99.4 cm³/mol. The van der Waals surface area contributed by atoms with Crippen LogP contribution in [-0.4, -0.2) is 20.6 Å². The Morgan fingerprint density at radius 2 is 1.76 bits per heavy atom. The number of benzene rings is 2. The van der Waals surface area contributed by atoms with Crippen LogP contribution in [0.25, 0.3) is 10.1 Å². The molecule has 25 heavy (non-hydrogen) atoms. The summed E-state index contributed by atoms with van der Waals surface area (Å²) in [6.45, 7) is 1.69. The summed E-state index contributed by atoms with van der Waals surface area (Å²) in [4.78, 5) is 13.0. The van der Waals surface area contributed by atoms with E-state index in [0.29, 0.717) is 26.2 Å². The molecule has 2 N–H and O–H groups in total. The van der Waals surface area contributed by atoms with Crippen molar-refractivity contribution in [3.63, 3.8) is 0 Å². The highest BCUT2D eigenvalue weighted by molar-refractivity contribution is 7.92. The van der Waals surface area contributed by atoms with Gasteiger partial charge in [0.2, 0.25) is 10.0 Å². The average molecular weight is 378 g/mol. The van der Waals surface area contributed by atoms with Crippen LogP contribution in [0.4, 0.5) is 15.8 Å². The Morgan fingerprint density at radius 1 is 1.08 bits per heavy atom. The molecule has 0 unspecified atom stereocenters. The fourth-order valence-electron chi connectivity index (χ4n) is 2.53. The van der Waals surface area contributed by atoms with E-state index in [1.54, 1.807) is 43.3 Å². The van der Waals surface area contributed by atoms with Gasteiger partial charge in [-0.3, -0.25) is 9.52 Å². The molecule has 2 aromatic carbocycles. The molecule has 0 atom stereocenters. The molecule has 0 fully saturated rings. The second kappa shape index (κ2) is 6.45. The van der Waals surface area contributed by atoms with E-state index in [0.717, 1.165) is 6.26 Å². The normalized spacial score (nSPS) is 11.5. The third kappa shape index (κ3) is 3.64. The molecule has 3 rings (SSSR count). The Hall–Kier alpha value is -2.45. The zero-order chi connectivity index (χ0) is 18.2. The van der Waals surface area contributed by atoms with Crippen molar-refractivity contribution in [3.8, 4) is 0 Å². The van der Waals surface area contributed by atoms with E-state index in [-0.39, 0.29) is 11.5 Å². The number of fused-ring (bicyclic) bond motifs is 1. The van der Waals surface area contributed by atoms with Crippen LogP contribution in [0.5, 0.6) is 0 Å². The number of amides is 1. The van der Waals surface area contributed by atoms with Gasteiger partial charge in [-0.05, 0) is 36.8 Å². The summed E-state index contributed by atoms with van der Waals surface area (Å²) >= 11 is 1.19. The highest BCUT2D eigenvalue weighted by atomic mass is 32.2. The van der Waals surface area contributed by atoms with Crippen molar-refractivity contribution in [1.29, 1.82) is 0 Å². The fourth-order valence-corrected chi connectivity index (χ4v) is 4.23. The van der Waals surface area contributed by atoms with Gasteiger partial charge < -0.3 is 5.32 Å². The lowest BCUT2D eigenvalue weighted by molar-refractivity contribution is 0.103. The fraction of sp³-hybridized carbons (Fsp3) is 0.118. The molecule has 0 spiro atoms. The summed E-state index contributed by atoms with van der Waals surface area (Å²) in [5.74, 6) is -0.787. The van der Waals surface area contributed by atoms with E-state index in [9.17, 15) is 17.6 Å². The van der Waals surface area contributed by atoms with Crippen molar-refractivity contribution in [2.24, 2.45) is 0 Å². The van der Waals surface area contributed by atoms with Crippen LogP contribution in [0.3, 0.4) is 0 Å². The van der Waals surface area contributed by atoms with Gasteiger partial charge in [-0.1, -0.05) is 18.2 Å². The Morgan fingerprint density at radius 3 is 2.40 bits per heavy atom. The number of nitrogens with one attached hydrogen (secondary N) is 2. The zero-order valence-electron chi connectivity index (χ0n) is 13.5. The molecular weight excluding hydrogens is 363 g/mol. The first-order chi connectivity index (χ1) is 11.8. The third-order valence-corrected chi connectivity index (χ3v) is 5.43. The minimum Gasteiger partial charge on any atom is -0.319 e. The first-order valence-corrected chi connectivity index (χ1v) is 10.0. The number of hydrogen-bond donors (Lipinski definition) is 2. The van der Waals surface area contributed by atoms with E-state index in [4.69, 9.17) is 0 Å². The first kappa shape index (κ1) is 17.4. The molecule has 1 heterocycles. The van der Waals surface area contributed by atoms with Gasteiger partial charge >= 0.3 is 0 Å². The Bertz CT molecular complexity index is 1070. The summed E-state index contributed by atoms with van der Waals surface area (Å²) in [6, 6.07) is 11.2. The van der Waals surface area contributed by atoms with Crippen LogP contribution >= 0.6 is 11.3 Å². The Kier molecular flexibility index (Phi) is 4.49. The van der Waals surface area contributed by atoms with Crippen LogP contribution in [0.15, 0.2) is 42.5 Å². The number of rotatable bonds is 4. The molecule has 0 saturated heterocycles. The van der Waals surface area contributed by atoms with Gasteiger partial charge in [-0.15, -0.1) is 11.3 Å². The van der Waals surface area contributed by atoms with Crippen molar-refractivity contribution in [1.82, 2.24) is 0 Å². The minimum absolute atomic E-state index is 0.267. The molecule has 5 nitrogen and oxygen atoms in total. The first-order valence-electron chi connectivity index (χ1n) is 7.32. The van der Waals surface area contributed by atoms with E-state index >= 15 is 0 Å². The van der Waals surface area contributed by atoms with Crippen LogP contribution in [0.1, 0.15) is 15.2 Å². The van der Waals surface area contributed by atoms with Gasteiger partial charge in [0.15, 0.2) is 0 Å². The third-order valence-electron chi connectivity index (χ3n) is 3.58. The maximum absolute atomic E-state index is 14.0. The smallest absolute Gasteiger partial charge is 0.266 e. The summed E-state index contributed by atoms with van der Waals surface area (Å²) < 4.78 is 40.0. The number of thiophene rings is 1. The van der Waals surface area contributed by atoms with Crippen molar-refractivity contribution in [3.05, 3.63) is 58.7 Å². The number of aryl methyl sites for hydroxylation is 1. The van der Waals surface area contributed by atoms with Crippen molar-refractivity contribution >= 4 is 48.7 Å². The maximum Gasteiger partial charge on any atom is 0.266 e. The number of carbonyl (C=O) groups is 1. The van der Waals surface area contributed by atoms with E-state index < -0.39 is 15.9 Å². The summed E-state index contributed by atoms with van der Waals surface area (Å²) in [7, 11) is -3.48. The quantitative estimate of drug-likeness (QED) is 0.721. The molecule has 130 valence electrons. The maximum atomic E-state index is 14.0. The van der Waals surface area contributed by atoms with Crippen LogP contribution < -0.4 is 10.0 Å². The highest BCUT2D eigenvalue weighted by Gasteiger charge is 2.19. The van der Waals surface area contributed by atoms with Gasteiger partial charge in [0.25, 0.3) is 5.91 Å². The molecule has 0 aliphatic carbocycles. The lowest BCUT2D eigenvalue weighted by Crippen LogP contribution is -2.15. The number of sulfonamides is 1. The highest BCUT2D eigenvalue weighted by Crippen LogP contribution is 2.33. The predicted octanol–water partition coefficient (Wildman–Crippen LogP) is 3.97. The molecule has 8 heteroatoms. The van der Waals surface area contributed by atoms with Gasteiger partial charge in [-0.2, -0.15) is 0 Å². The lowest BCUT2D eigenvalue weighted by atomic mass is 10.1. The van der Waals surface area contributed by atoms with Crippen LogP contribution in [0, 0.1) is 12.7 Å². The monoisotopic (exact) mass is 378 g/mol. The summed E-state index contributed by atoms with van der Waals surface area (Å²) in [5.41, 5.74) is 1.16. The molecule has 0 aliphatic rings. The SMILES string of the molecule is Cc1c(C(=O)Nc2ccccc2NS(C)(=O)=O)sc2cccc(F)c12. The van der Waals surface area contributed by atoms with Gasteiger partial charge in [0.05, 0.1) is 22.5 Å². The minimum atomic E-state index is -3.48. The number of hydrogen-bond acceptors (Lipinski definition) is 4. The number of anilines is 2. The topological polar surface area (TPSA) is 75.3 Å². The van der Waals surface area contributed by atoms with E-state index in [1.165, 1.54) is 17.4 Å². The van der Waals surface area contributed by atoms with Gasteiger partial charge in [0, 0.05) is 10.1 Å². The lowest BCUT2D eigenvalue weighted by Gasteiger charge is -2.11. The van der Waals surface area contributed by atoms with Crippen molar-refractivity contribution in [2.75, 3.05) is 16.3 Å². The molecule has 0 saturated carbocycles. The summed E-state index contributed by atoms with van der Waals surface area (Å²) in [5, 5.41) is 3.12. The molecule has 3 aromatic rings. The summed E-state index contributed by atoms with van der Waals surface area (Å²) in [6.07, 6.45) is 1.03. The molecule has 0 bridgehead atoms. The Balaban J connectivity index is 1.97. The number of carbonyl (C=O) groups excluding carboxylic acids is 1. The number of halogens is 1. The molecular formula is C17H15FN2O3S2. The average Bonchev–Trinajstić information content (AvgIpc) is 2.86. The Labute approximate surface area is 148 Å². The van der Waals surface area contributed by atoms with Crippen molar-refractivity contribution < 1.29 is 17.6 Å². The van der Waals surface area contributed by atoms with Crippen LogP contribution in [0.2, 0.25) is 0 Å². The van der Waals surface area contributed by atoms with E-state index in [1.807, 2.05) is 0 Å². The van der Waals surface area contributed by atoms with E-state index in [2.05, 4.69) is 10.0 Å². The zero-order valence-corrected chi connectivity index (χ0v) is 15.1. The number of para-hydroxylation sites is 2. The van der Waals surface area contributed by atoms with Gasteiger partial charge in [0.1, 0.15) is 5.82 Å². The molecule has 1 amide bonds. The largest absolute Gasteiger partial charge is 0.319 e. The molecule has 1 aromatic heterocycles. The van der Waals surface area contributed by atoms with Crippen LogP contribution in [-0.2, 0) is 10.0 Å². The molecule has 0 aliphatic heterocycles. The second-order valence-corrected chi connectivity index (χ2v) is 8.34. The molecule has 0 radical (unpaired) electrons. The van der Waals surface area contributed by atoms with Gasteiger partial charge in [-0.25, -0.2) is 12.8 Å². The van der Waals surface area contributed by atoms with Crippen molar-refractivity contribution in [2.45, 2.75) is 6.92 Å².